The summed E-state index contributed by atoms with van der Waals surface area (Å²) in [5, 5.41) is 12.2. The molecule has 5 rings (SSSR count). The highest BCUT2D eigenvalue weighted by Gasteiger charge is 2.44. The van der Waals surface area contributed by atoms with Crippen LogP contribution in [0.25, 0.3) is 0 Å². The van der Waals surface area contributed by atoms with Crippen LogP contribution in [0.5, 0.6) is 0 Å². The third-order valence-corrected chi connectivity index (χ3v) is 8.01. The van der Waals surface area contributed by atoms with E-state index in [1.807, 2.05) is 24.3 Å². The first-order valence-corrected chi connectivity index (χ1v) is 11.9. The van der Waals surface area contributed by atoms with Gasteiger partial charge in [-0.1, -0.05) is 30.3 Å². The lowest BCUT2D eigenvalue weighted by Crippen LogP contribution is -2.29. The van der Waals surface area contributed by atoms with Crippen LogP contribution in [-0.4, -0.2) is 20.9 Å². The van der Waals surface area contributed by atoms with Crippen LogP contribution in [0, 0.1) is 11.3 Å². The molecule has 32 heavy (non-hydrogen) atoms. The summed E-state index contributed by atoms with van der Waals surface area (Å²) in [7, 11) is -3.64. The fourth-order valence-corrected chi connectivity index (χ4v) is 5.67. The molecule has 0 atom stereocenters. The molecule has 0 spiro atoms. The monoisotopic (exact) mass is 443 g/mol. The Morgan fingerprint density at radius 3 is 2.38 bits per heavy atom. The van der Waals surface area contributed by atoms with Crippen LogP contribution in [-0.2, 0) is 21.9 Å². The molecule has 1 aliphatic carbocycles. The van der Waals surface area contributed by atoms with Crippen molar-refractivity contribution in [3.8, 4) is 6.07 Å². The maximum atomic E-state index is 13.0. The summed E-state index contributed by atoms with van der Waals surface area (Å²) in [6.07, 6.45) is 2.30. The molecule has 1 heterocycles. The molecule has 2 aliphatic rings. The Bertz CT molecular complexity index is 1340. The van der Waals surface area contributed by atoms with E-state index in [1.165, 1.54) is 4.31 Å². The van der Waals surface area contributed by atoms with E-state index in [2.05, 4.69) is 11.4 Å². The Labute approximate surface area is 187 Å². The van der Waals surface area contributed by atoms with Crippen molar-refractivity contribution in [2.45, 2.75) is 29.6 Å². The van der Waals surface area contributed by atoms with Crippen LogP contribution >= 0.6 is 0 Å². The molecule has 0 bridgehead atoms. The maximum Gasteiger partial charge on any atom is 0.264 e. The van der Waals surface area contributed by atoms with Gasteiger partial charge in [-0.25, -0.2) is 8.42 Å². The third-order valence-electron chi connectivity index (χ3n) is 6.19. The van der Waals surface area contributed by atoms with Crippen molar-refractivity contribution in [1.29, 1.82) is 5.26 Å². The molecule has 0 saturated heterocycles. The van der Waals surface area contributed by atoms with Crippen LogP contribution in [0.3, 0.4) is 0 Å². The number of rotatable bonds is 5. The number of hydrogen-bond acceptors (Lipinski definition) is 4. The first kappa shape index (κ1) is 20.3. The number of carbonyl (C=O) groups excluding carboxylic acids is 1. The van der Waals surface area contributed by atoms with Gasteiger partial charge in [0.05, 0.1) is 22.1 Å². The number of sulfonamides is 1. The maximum absolute atomic E-state index is 13.0. The molecule has 3 aromatic carbocycles. The first-order chi connectivity index (χ1) is 15.4. The summed E-state index contributed by atoms with van der Waals surface area (Å²) in [5.74, 6) is -0.258. The molecule has 160 valence electrons. The van der Waals surface area contributed by atoms with Crippen molar-refractivity contribution in [1.82, 2.24) is 0 Å². The number of benzene rings is 3. The smallest absolute Gasteiger partial charge is 0.264 e. The predicted octanol–water partition coefficient (Wildman–Crippen LogP) is 4.25. The standard InChI is InChI=1S/C25H21N3O3S/c26-17-25(13-14-25)20-7-9-21(10-8-20)27-24(29)19-6-11-23-18(16-19)12-15-28(23)32(30,31)22-4-2-1-3-5-22/h1-11,16H,12-15H2,(H,27,29). The van der Waals surface area contributed by atoms with E-state index in [-0.39, 0.29) is 16.2 Å². The zero-order valence-corrected chi connectivity index (χ0v) is 18.1. The Morgan fingerprint density at radius 1 is 1.00 bits per heavy atom. The van der Waals surface area contributed by atoms with Crippen molar-refractivity contribution >= 4 is 27.3 Å². The normalized spacial score (nSPS) is 16.2. The number of hydrogen-bond donors (Lipinski definition) is 1. The highest BCUT2D eigenvalue weighted by molar-refractivity contribution is 7.92. The average Bonchev–Trinajstić information content (AvgIpc) is 3.50. The number of nitriles is 1. The molecule has 1 amide bonds. The molecular weight excluding hydrogens is 422 g/mol. The quantitative estimate of drug-likeness (QED) is 0.638. The molecule has 3 aromatic rings. The van der Waals surface area contributed by atoms with Gasteiger partial charge in [0.25, 0.3) is 15.9 Å². The summed E-state index contributed by atoms with van der Waals surface area (Å²) < 4.78 is 27.4. The number of nitrogens with zero attached hydrogens (tertiary/aromatic N) is 2. The van der Waals surface area contributed by atoms with Gasteiger partial charge < -0.3 is 5.32 Å². The molecular formula is C25H21N3O3S. The van der Waals surface area contributed by atoms with Crippen molar-refractivity contribution in [3.63, 3.8) is 0 Å². The second kappa shape index (κ2) is 7.50. The van der Waals surface area contributed by atoms with E-state index in [4.69, 9.17) is 0 Å². The van der Waals surface area contributed by atoms with Crippen LogP contribution < -0.4 is 9.62 Å². The van der Waals surface area contributed by atoms with Gasteiger partial charge in [0.15, 0.2) is 0 Å². The van der Waals surface area contributed by atoms with Gasteiger partial charge in [-0.3, -0.25) is 9.10 Å². The van der Waals surface area contributed by atoms with E-state index in [0.29, 0.717) is 29.9 Å². The van der Waals surface area contributed by atoms with E-state index >= 15 is 0 Å². The van der Waals surface area contributed by atoms with Gasteiger partial charge in [0.2, 0.25) is 0 Å². The van der Waals surface area contributed by atoms with Gasteiger partial charge >= 0.3 is 0 Å². The molecule has 0 unspecified atom stereocenters. The number of carbonyl (C=O) groups is 1. The number of anilines is 2. The number of amides is 1. The van der Waals surface area contributed by atoms with E-state index in [9.17, 15) is 18.5 Å². The lowest BCUT2D eigenvalue weighted by Gasteiger charge is -2.19. The minimum absolute atomic E-state index is 0.252. The molecule has 0 radical (unpaired) electrons. The summed E-state index contributed by atoms with van der Waals surface area (Å²) in [6.45, 7) is 0.347. The third kappa shape index (κ3) is 3.43. The van der Waals surface area contributed by atoms with Gasteiger partial charge in [0.1, 0.15) is 0 Å². The SMILES string of the molecule is N#CC1(c2ccc(NC(=O)c3ccc4c(c3)CCN4S(=O)(=O)c3ccccc3)cc2)CC1. The average molecular weight is 444 g/mol. The van der Waals surface area contributed by atoms with E-state index in [0.717, 1.165) is 24.0 Å². The fourth-order valence-electron chi connectivity index (χ4n) is 4.15. The Hall–Kier alpha value is -3.63. The number of fused-ring (bicyclic) bond motifs is 1. The van der Waals surface area contributed by atoms with Crippen molar-refractivity contribution < 1.29 is 13.2 Å². The molecule has 1 fully saturated rings. The van der Waals surface area contributed by atoms with Crippen LogP contribution in [0.2, 0.25) is 0 Å². The molecule has 6 nitrogen and oxygen atoms in total. The molecule has 1 saturated carbocycles. The van der Waals surface area contributed by atoms with Crippen molar-refractivity contribution in [2.24, 2.45) is 0 Å². The molecule has 1 aliphatic heterocycles. The van der Waals surface area contributed by atoms with E-state index in [1.54, 1.807) is 48.5 Å². The first-order valence-electron chi connectivity index (χ1n) is 10.5. The molecule has 1 N–H and O–H groups in total. The van der Waals surface area contributed by atoms with Gasteiger partial charge in [-0.15, -0.1) is 0 Å². The predicted molar refractivity (Wildman–Crippen MR) is 122 cm³/mol. The fraction of sp³-hybridized carbons (Fsp3) is 0.200. The Balaban J connectivity index is 1.34. The molecule has 0 aromatic heterocycles. The highest BCUT2D eigenvalue weighted by atomic mass is 32.2. The second-order valence-corrected chi connectivity index (χ2v) is 10.1. The number of nitrogens with one attached hydrogen (secondary N) is 1. The summed E-state index contributed by atoms with van der Waals surface area (Å²) in [4.78, 5) is 13.0. The Morgan fingerprint density at radius 2 is 1.72 bits per heavy atom. The summed E-state index contributed by atoms with van der Waals surface area (Å²) >= 11 is 0. The van der Waals surface area contributed by atoms with Crippen molar-refractivity contribution in [2.75, 3.05) is 16.2 Å². The van der Waals surface area contributed by atoms with Gasteiger partial charge in [-0.05, 0) is 72.9 Å². The highest BCUT2D eigenvalue weighted by Crippen LogP contribution is 2.47. The largest absolute Gasteiger partial charge is 0.322 e. The lowest BCUT2D eigenvalue weighted by atomic mass is 9.97. The second-order valence-electron chi connectivity index (χ2n) is 8.21. The summed E-state index contributed by atoms with van der Waals surface area (Å²) in [5.41, 5.74) is 3.20. The zero-order valence-electron chi connectivity index (χ0n) is 17.3. The van der Waals surface area contributed by atoms with Crippen molar-refractivity contribution in [3.05, 3.63) is 89.5 Å². The van der Waals surface area contributed by atoms with Crippen LogP contribution in [0.4, 0.5) is 11.4 Å². The topological polar surface area (TPSA) is 90.3 Å². The molecule has 7 heteroatoms. The zero-order chi connectivity index (χ0) is 22.3. The lowest BCUT2D eigenvalue weighted by molar-refractivity contribution is 0.102. The van der Waals surface area contributed by atoms with E-state index < -0.39 is 10.0 Å². The van der Waals surface area contributed by atoms with Gasteiger partial charge in [0, 0.05) is 17.8 Å². The van der Waals surface area contributed by atoms with Gasteiger partial charge in [-0.2, -0.15) is 5.26 Å². The minimum atomic E-state index is -3.64. The van der Waals surface area contributed by atoms with Crippen LogP contribution in [0.1, 0.15) is 34.3 Å². The minimum Gasteiger partial charge on any atom is -0.322 e. The Kier molecular flexibility index (Phi) is 4.75. The van der Waals surface area contributed by atoms with Crippen LogP contribution in [0.15, 0.2) is 77.7 Å². The summed E-state index contributed by atoms with van der Waals surface area (Å²) in [6, 6.07) is 23.2.